The number of nitrogens with zero attached hydrogens (tertiary/aromatic N) is 1. The Morgan fingerprint density at radius 1 is 1.32 bits per heavy atom. The van der Waals surface area contributed by atoms with Crippen molar-refractivity contribution in [1.29, 1.82) is 0 Å². The molecule has 5 heteroatoms. The van der Waals surface area contributed by atoms with Crippen molar-refractivity contribution >= 4 is 11.8 Å². The van der Waals surface area contributed by atoms with Crippen LogP contribution in [0, 0.1) is 5.82 Å². The zero-order valence-electron chi connectivity index (χ0n) is 11.3. The molecule has 0 spiro atoms. The van der Waals surface area contributed by atoms with E-state index in [-0.39, 0.29) is 30.6 Å². The first-order valence-corrected chi connectivity index (χ1v) is 6.35. The molecule has 0 fully saturated rings. The third kappa shape index (κ3) is 5.07. The Bertz CT molecular complexity index is 449. The van der Waals surface area contributed by atoms with Crippen molar-refractivity contribution in [2.75, 3.05) is 19.6 Å². The fourth-order valence-corrected chi connectivity index (χ4v) is 1.74. The van der Waals surface area contributed by atoms with Crippen LogP contribution in [0.15, 0.2) is 24.3 Å². The summed E-state index contributed by atoms with van der Waals surface area (Å²) < 4.78 is 13.0. The van der Waals surface area contributed by atoms with Gasteiger partial charge in [0.15, 0.2) is 0 Å². The Labute approximate surface area is 112 Å². The average molecular weight is 266 g/mol. The standard InChI is InChI=1S/C14H19FN2O2/c1-3-16-13(18)10-17(4-2)14(19)9-11-6-5-7-12(15)8-11/h5-8H,3-4,9-10H2,1-2H3,(H,16,18). The molecule has 0 bridgehead atoms. The Balaban J connectivity index is 2.61. The Kier molecular flexibility index (Phi) is 5.99. The van der Waals surface area contributed by atoms with E-state index < -0.39 is 0 Å². The van der Waals surface area contributed by atoms with Crippen molar-refractivity contribution in [3.05, 3.63) is 35.6 Å². The fraction of sp³-hybridized carbons (Fsp3) is 0.429. The van der Waals surface area contributed by atoms with Gasteiger partial charge in [0, 0.05) is 13.1 Å². The number of likely N-dealkylation sites (N-methyl/N-ethyl adjacent to an activating group) is 2. The van der Waals surface area contributed by atoms with E-state index in [0.29, 0.717) is 18.7 Å². The number of hydrogen-bond donors (Lipinski definition) is 1. The molecule has 0 saturated heterocycles. The van der Waals surface area contributed by atoms with Crippen LogP contribution in [0.25, 0.3) is 0 Å². The van der Waals surface area contributed by atoms with E-state index in [2.05, 4.69) is 5.32 Å². The normalized spacial score (nSPS) is 10.1. The van der Waals surface area contributed by atoms with Gasteiger partial charge in [0.05, 0.1) is 13.0 Å². The number of carbonyl (C=O) groups is 2. The van der Waals surface area contributed by atoms with Crippen molar-refractivity contribution in [3.8, 4) is 0 Å². The highest BCUT2D eigenvalue weighted by atomic mass is 19.1. The van der Waals surface area contributed by atoms with Gasteiger partial charge in [-0.3, -0.25) is 9.59 Å². The molecule has 0 unspecified atom stereocenters. The number of halogens is 1. The zero-order valence-corrected chi connectivity index (χ0v) is 11.3. The van der Waals surface area contributed by atoms with E-state index in [1.54, 1.807) is 12.1 Å². The van der Waals surface area contributed by atoms with Gasteiger partial charge in [-0.2, -0.15) is 0 Å². The third-order valence-electron chi connectivity index (χ3n) is 2.69. The summed E-state index contributed by atoms with van der Waals surface area (Å²) in [7, 11) is 0. The topological polar surface area (TPSA) is 49.4 Å². The second-order valence-electron chi connectivity index (χ2n) is 4.17. The van der Waals surface area contributed by atoms with Crippen molar-refractivity contribution in [3.63, 3.8) is 0 Å². The van der Waals surface area contributed by atoms with Crippen LogP contribution in [-0.2, 0) is 16.0 Å². The molecule has 2 amide bonds. The molecule has 0 aliphatic heterocycles. The summed E-state index contributed by atoms with van der Waals surface area (Å²) in [6, 6.07) is 5.93. The smallest absolute Gasteiger partial charge is 0.239 e. The number of hydrogen-bond acceptors (Lipinski definition) is 2. The number of benzene rings is 1. The number of amides is 2. The van der Waals surface area contributed by atoms with Crippen molar-refractivity contribution < 1.29 is 14.0 Å². The van der Waals surface area contributed by atoms with E-state index in [1.165, 1.54) is 17.0 Å². The van der Waals surface area contributed by atoms with Crippen LogP contribution in [-0.4, -0.2) is 36.3 Å². The maximum atomic E-state index is 13.0. The highest BCUT2D eigenvalue weighted by molar-refractivity contribution is 5.85. The van der Waals surface area contributed by atoms with Gasteiger partial charge in [0.2, 0.25) is 11.8 Å². The molecule has 1 rings (SSSR count). The van der Waals surface area contributed by atoms with Gasteiger partial charge in [0.25, 0.3) is 0 Å². The maximum absolute atomic E-state index is 13.0. The molecule has 0 heterocycles. The predicted octanol–water partition coefficient (Wildman–Crippen LogP) is 1.35. The second-order valence-corrected chi connectivity index (χ2v) is 4.17. The molecule has 1 N–H and O–H groups in total. The average Bonchev–Trinajstić information content (AvgIpc) is 2.36. The lowest BCUT2D eigenvalue weighted by atomic mass is 10.1. The minimum Gasteiger partial charge on any atom is -0.355 e. The molecule has 0 aromatic heterocycles. The Hall–Kier alpha value is -1.91. The molecule has 19 heavy (non-hydrogen) atoms. The highest BCUT2D eigenvalue weighted by Gasteiger charge is 2.15. The summed E-state index contributed by atoms with van der Waals surface area (Å²) in [5.74, 6) is -0.728. The lowest BCUT2D eigenvalue weighted by Gasteiger charge is -2.20. The molecule has 0 saturated carbocycles. The molecule has 1 aromatic rings. The van der Waals surface area contributed by atoms with Crippen molar-refractivity contribution in [2.24, 2.45) is 0 Å². The van der Waals surface area contributed by atoms with Crippen LogP contribution in [0.2, 0.25) is 0 Å². The first kappa shape index (κ1) is 15.1. The second kappa shape index (κ2) is 7.51. The first-order valence-electron chi connectivity index (χ1n) is 6.35. The van der Waals surface area contributed by atoms with Gasteiger partial charge in [0.1, 0.15) is 5.82 Å². The van der Waals surface area contributed by atoms with Gasteiger partial charge in [-0.15, -0.1) is 0 Å². The molecule has 0 atom stereocenters. The summed E-state index contributed by atoms with van der Waals surface area (Å²) in [5.41, 5.74) is 0.611. The summed E-state index contributed by atoms with van der Waals surface area (Å²) in [6.45, 7) is 4.66. The van der Waals surface area contributed by atoms with Crippen LogP contribution in [0.4, 0.5) is 4.39 Å². The largest absolute Gasteiger partial charge is 0.355 e. The monoisotopic (exact) mass is 266 g/mol. The third-order valence-corrected chi connectivity index (χ3v) is 2.69. The SMILES string of the molecule is CCNC(=O)CN(CC)C(=O)Cc1cccc(F)c1. The van der Waals surface area contributed by atoms with Gasteiger partial charge >= 0.3 is 0 Å². The van der Waals surface area contributed by atoms with E-state index in [4.69, 9.17) is 0 Å². The lowest BCUT2D eigenvalue weighted by molar-refractivity contribution is -0.135. The molecule has 0 aliphatic rings. The summed E-state index contributed by atoms with van der Waals surface area (Å²) in [4.78, 5) is 24.9. The summed E-state index contributed by atoms with van der Waals surface area (Å²) in [6.07, 6.45) is 0.102. The van der Waals surface area contributed by atoms with Gasteiger partial charge in [-0.05, 0) is 31.5 Å². The van der Waals surface area contributed by atoms with Crippen LogP contribution in [0.5, 0.6) is 0 Å². The predicted molar refractivity (Wildman–Crippen MR) is 71.0 cm³/mol. The van der Waals surface area contributed by atoms with Gasteiger partial charge < -0.3 is 10.2 Å². The fourth-order valence-electron chi connectivity index (χ4n) is 1.74. The first-order chi connectivity index (χ1) is 9.06. The quantitative estimate of drug-likeness (QED) is 0.845. The highest BCUT2D eigenvalue weighted by Crippen LogP contribution is 2.06. The number of carbonyl (C=O) groups excluding carboxylic acids is 2. The number of nitrogens with one attached hydrogen (secondary N) is 1. The minimum absolute atomic E-state index is 0.0402. The van der Waals surface area contributed by atoms with E-state index >= 15 is 0 Å². The lowest BCUT2D eigenvalue weighted by Crippen LogP contribution is -2.41. The molecule has 1 aromatic carbocycles. The van der Waals surface area contributed by atoms with Crippen LogP contribution in [0.1, 0.15) is 19.4 Å². The van der Waals surface area contributed by atoms with E-state index in [0.717, 1.165) is 0 Å². The minimum atomic E-state index is -0.364. The van der Waals surface area contributed by atoms with E-state index in [1.807, 2.05) is 13.8 Å². The molecule has 0 radical (unpaired) electrons. The van der Waals surface area contributed by atoms with Crippen molar-refractivity contribution in [2.45, 2.75) is 20.3 Å². The number of rotatable bonds is 6. The van der Waals surface area contributed by atoms with Crippen LogP contribution in [0.3, 0.4) is 0 Å². The molecule has 0 aliphatic carbocycles. The Morgan fingerprint density at radius 2 is 2.05 bits per heavy atom. The van der Waals surface area contributed by atoms with E-state index in [9.17, 15) is 14.0 Å². The van der Waals surface area contributed by atoms with Crippen LogP contribution < -0.4 is 5.32 Å². The van der Waals surface area contributed by atoms with Crippen molar-refractivity contribution in [1.82, 2.24) is 10.2 Å². The van der Waals surface area contributed by atoms with Gasteiger partial charge in [-0.1, -0.05) is 12.1 Å². The maximum Gasteiger partial charge on any atom is 0.239 e. The molecule has 104 valence electrons. The van der Waals surface area contributed by atoms with Gasteiger partial charge in [-0.25, -0.2) is 4.39 Å². The Morgan fingerprint density at radius 3 is 2.63 bits per heavy atom. The molecule has 4 nitrogen and oxygen atoms in total. The summed E-state index contributed by atoms with van der Waals surface area (Å²) >= 11 is 0. The molecular formula is C14H19FN2O2. The molecular weight excluding hydrogens is 247 g/mol. The van der Waals surface area contributed by atoms with Crippen LogP contribution >= 0.6 is 0 Å². The zero-order chi connectivity index (χ0) is 14.3. The summed E-state index contributed by atoms with van der Waals surface area (Å²) in [5, 5.41) is 2.65.